The molecular weight excluding hydrogens is 204 g/mol. The molecule has 2 rings (SSSR count). The number of aromatic nitrogens is 1. The molecule has 0 saturated carbocycles. The molecule has 0 aliphatic heterocycles. The van der Waals surface area contributed by atoms with Gasteiger partial charge < -0.3 is 15.4 Å². The Kier molecular flexibility index (Phi) is 2.59. The summed E-state index contributed by atoms with van der Waals surface area (Å²) in [6.45, 7) is 3.92. The monoisotopic (exact) mass is 220 g/mol. The van der Waals surface area contributed by atoms with Gasteiger partial charge >= 0.3 is 0 Å². The van der Waals surface area contributed by atoms with Gasteiger partial charge in [-0.1, -0.05) is 25.1 Å². The summed E-state index contributed by atoms with van der Waals surface area (Å²) in [6, 6.07) is 5.53. The van der Waals surface area contributed by atoms with Crippen LogP contribution in [-0.4, -0.2) is 10.3 Å². The maximum absolute atomic E-state index is 10.4. The van der Waals surface area contributed by atoms with Gasteiger partial charge in [-0.15, -0.1) is 0 Å². The number of fused-ring (bicyclic) bond motifs is 1. The summed E-state index contributed by atoms with van der Waals surface area (Å²) >= 11 is 0. The fraction of sp³-hybridized carbons (Fsp3) is 0.417. The molecule has 4 nitrogen and oxygen atoms in total. The van der Waals surface area contributed by atoms with Crippen LogP contribution < -0.4 is 5.73 Å². The van der Waals surface area contributed by atoms with E-state index in [0.717, 1.165) is 10.9 Å². The van der Waals surface area contributed by atoms with Gasteiger partial charge in [-0.2, -0.15) is 0 Å². The second kappa shape index (κ2) is 3.79. The highest BCUT2D eigenvalue weighted by atomic mass is 16.5. The van der Waals surface area contributed by atoms with E-state index in [4.69, 9.17) is 10.3 Å². The molecule has 16 heavy (non-hydrogen) atoms. The number of nitrogen functional groups attached to an aromatic ring is 1. The highest BCUT2D eigenvalue weighted by molar-refractivity contribution is 5.87. The summed E-state index contributed by atoms with van der Waals surface area (Å²) in [4.78, 5) is 0. The second-order valence-corrected chi connectivity index (χ2v) is 4.02. The summed E-state index contributed by atoms with van der Waals surface area (Å²) in [6.07, 6.45) is 1.33. The molecule has 2 aromatic rings. The van der Waals surface area contributed by atoms with Crippen molar-refractivity contribution in [1.29, 1.82) is 0 Å². The molecule has 0 fully saturated rings. The smallest absolute Gasteiger partial charge is 0.174 e. The lowest BCUT2D eigenvalue weighted by Crippen LogP contribution is -2.23. The Balaban J connectivity index is 2.54. The SMILES string of the molecule is CCC(O)(CC)c1ccc2c(N)noc2c1. The Hall–Kier alpha value is -1.55. The molecule has 0 amide bonds. The highest BCUT2D eigenvalue weighted by Gasteiger charge is 2.25. The molecule has 3 N–H and O–H groups in total. The van der Waals surface area contributed by atoms with Crippen LogP contribution in [-0.2, 0) is 5.60 Å². The van der Waals surface area contributed by atoms with Gasteiger partial charge in [-0.25, -0.2) is 0 Å². The average molecular weight is 220 g/mol. The number of aliphatic hydroxyl groups is 1. The van der Waals surface area contributed by atoms with Crippen LogP contribution in [0.5, 0.6) is 0 Å². The van der Waals surface area contributed by atoms with Crippen molar-refractivity contribution in [3.8, 4) is 0 Å². The normalized spacial score (nSPS) is 12.2. The molecule has 0 aliphatic rings. The molecule has 1 aromatic heterocycles. The van der Waals surface area contributed by atoms with Gasteiger partial charge in [0.1, 0.15) is 0 Å². The van der Waals surface area contributed by atoms with Crippen molar-refractivity contribution >= 4 is 16.8 Å². The molecule has 86 valence electrons. The van der Waals surface area contributed by atoms with E-state index >= 15 is 0 Å². The Bertz CT molecular complexity index is 501. The zero-order valence-electron chi connectivity index (χ0n) is 9.53. The molecule has 1 heterocycles. The first kappa shape index (κ1) is 11.0. The molecule has 0 unspecified atom stereocenters. The van der Waals surface area contributed by atoms with Gasteiger partial charge in [0.15, 0.2) is 11.4 Å². The van der Waals surface area contributed by atoms with E-state index < -0.39 is 5.60 Å². The standard InChI is InChI=1S/C12H16N2O2/c1-3-12(15,4-2)8-5-6-9-10(7-8)16-14-11(9)13/h5-7,15H,3-4H2,1-2H3,(H2,13,14). The summed E-state index contributed by atoms with van der Waals surface area (Å²) in [7, 11) is 0. The number of nitrogens with zero attached hydrogens (tertiary/aromatic N) is 1. The number of hydrogen-bond acceptors (Lipinski definition) is 4. The highest BCUT2D eigenvalue weighted by Crippen LogP contribution is 2.31. The summed E-state index contributed by atoms with van der Waals surface area (Å²) in [5.41, 5.74) is 6.31. The Morgan fingerprint density at radius 3 is 2.69 bits per heavy atom. The van der Waals surface area contributed by atoms with Gasteiger partial charge in [-0.05, 0) is 30.5 Å². The van der Waals surface area contributed by atoms with Crippen molar-refractivity contribution in [2.75, 3.05) is 5.73 Å². The fourth-order valence-electron chi connectivity index (χ4n) is 1.90. The van der Waals surface area contributed by atoms with E-state index in [-0.39, 0.29) is 0 Å². The van der Waals surface area contributed by atoms with Crippen LogP contribution >= 0.6 is 0 Å². The van der Waals surface area contributed by atoms with E-state index in [0.29, 0.717) is 24.2 Å². The predicted octanol–water partition coefficient (Wildman–Crippen LogP) is 2.42. The minimum atomic E-state index is -0.796. The minimum Gasteiger partial charge on any atom is -0.385 e. The van der Waals surface area contributed by atoms with Crippen molar-refractivity contribution in [2.45, 2.75) is 32.3 Å². The molecule has 0 spiro atoms. The van der Waals surface area contributed by atoms with E-state index in [9.17, 15) is 5.11 Å². The quantitative estimate of drug-likeness (QED) is 0.833. The van der Waals surface area contributed by atoms with Crippen molar-refractivity contribution in [3.05, 3.63) is 23.8 Å². The maximum atomic E-state index is 10.4. The number of nitrogens with two attached hydrogens (primary N) is 1. The third-order valence-corrected chi connectivity index (χ3v) is 3.21. The Labute approximate surface area is 94.0 Å². The van der Waals surface area contributed by atoms with Gasteiger partial charge in [0.2, 0.25) is 0 Å². The third kappa shape index (κ3) is 1.55. The number of hydrogen-bond donors (Lipinski definition) is 2. The van der Waals surface area contributed by atoms with Crippen molar-refractivity contribution in [2.24, 2.45) is 0 Å². The van der Waals surface area contributed by atoms with E-state index in [1.54, 1.807) is 0 Å². The molecule has 0 aliphatic carbocycles. The van der Waals surface area contributed by atoms with Crippen molar-refractivity contribution in [3.63, 3.8) is 0 Å². The molecule has 0 atom stereocenters. The van der Waals surface area contributed by atoms with Crippen LogP contribution in [0, 0.1) is 0 Å². The lowest BCUT2D eigenvalue weighted by Gasteiger charge is -2.25. The lowest BCUT2D eigenvalue weighted by molar-refractivity contribution is 0.0284. The summed E-state index contributed by atoms with van der Waals surface area (Å²) in [5, 5.41) is 14.9. The molecule has 0 saturated heterocycles. The first-order chi connectivity index (χ1) is 7.60. The molecule has 1 aromatic carbocycles. The van der Waals surface area contributed by atoms with E-state index in [1.807, 2.05) is 32.0 Å². The lowest BCUT2D eigenvalue weighted by atomic mass is 9.88. The van der Waals surface area contributed by atoms with Crippen LogP contribution in [0.2, 0.25) is 0 Å². The maximum Gasteiger partial charge on any atom is 0.174 e. The largest absolute Gasteiger partial charge is 0.385 e. The first-order valence-electron chi connectivity index (χ1n) is 5.48. The van der Waals surface area contributed by atoms with Gasteiger partial charge in [0, 0.05) is 0 Å². The topological polar surface area (TPSA) is 72.3 Å². The second-order valence-electron chi connectivity index (χ2n) is 4.02. The van der Waals surface area contributed by atoms with Gasteiger partial charge in [0.05, 0.1) is 11.0 Å². The number of rotatable bonds is 3. The van der Waals surface area contributed by atoms with E-state index in [1.165, 1.54) is 0 Å². The van der Waals surface area contributed by atoms with Crippen LogP contribution in [0.3, 0.4) is 0 Å². The molecular formula is C12H16N2O2. The van der Waals surface area contributed by atoms with Crippen LogP contribution in [0.4, 0.5) is 5.82 Å². The van der Waals surface area contributed by atoms with Crippen LogP contribution in [0.1, 0.15) is 32.3 Å². The summed E-state index contributed by atoms with van der Waals surface area (Å²) < 4.78 is 5.09. The predicted molar refractivity (Wildman–Crippen MR) is 62.9 cm³/mol. The number of anilines is 1. The van der Waals surface area contributed by atoms with Crippen LogP contribution in [0.25, 0.3) is 11.0 Å². The Morgan fingerprint density at radius 1 is 1.38 bits per heavy atom. The minimum absolute atomic E-state index is 0.387. The zero-order valence-corrected chi connectivity index (χ0v) is 9.53. The van der Waals surface area contributed by atoms with Crippen molar-refractivity contribution in [1.82, 2.24) is 5.16 Å². The van der Waals surface area contributed by atoms with Gasteiger partial charge in [-0.3, -0.25) is 0 Å². The van der Waals surface area contributed by atoms with E-state index in [2.05, 4.69) is 5.16 Å². The molecule has 0 radical (unpaired) electrons. The Morgan fingerprint density at radius 2 is 2.06 bits per heavy atom. The number of benzene rings is 1. The molecule has 0 bridgehead atoms. The molecule has 4 heteroatoms. The first-order valence-corrected chi connectivity index (χ1v) is 5.48. The fourth-order valence-corrected chi connectivity index (χ4v) is 1.90. The zero-order chi connectivity index (χ0) is 11.8. The third-order valence-electron chi connectivity index (χ3n) is 3.21. The average Bonchev–Trinajstić information content (AvgIpc) is 2.69. The van der Waals surface area contributed by atoms with Crippen LogP contribution in [0.15, 0.2) is 22.7 Å². The van der Waals surface area contributed by atoms with Gasteiger partial charge in [0.25, 0.3) is 0 Å². The summed E-state index contributed by atoms with van der Waals surface area (Å²) in [5.74, 6) is 0.387. The van der Waals surface area contributed by atoms with Crippen molar-refractivity contribution < 1.29 is 9.63 Å².